The smallest absolute Gasteiger partial charge is 0.255 e. The molecule has 0 aromatic heterocycles. The largest absolute Gasteiger partial charge is 0.345 e. The molecule has 0 aliphatic carbocycles. The van der Waals surface area contributed by atoms with E-state index in [1.807, 2.05) is 4.90 Å². The van der Waals surface area contributed by atoms with E-state index in [0.717, 1.165) is 0 Å². The molecule has 2 aromatic carbocycles. The predicted molar refractivity (Wildman–Crippen MR) is 106 cm³/mol. The van der Waals surface area contributed by atoms with E-state index in [9.17, 15) is 9.18 Å². The number of benzene rings is 2. The zero-order valence-corrected chi connectivity index (χ0v) is 15.9. The summed E-state index contributed by atoms with van der Waals surface area (Å²) in [5.41, 5.74) is 1.72. The monoisotopic (exact) mass is 391 g/mol. The highest BCUT2D eigenvalue weighted by Crippen LogP contribution is 2.19. The molecule has 4 nitrogen and oxygen atoms in total. The minimum absolute atomic E-state index is 0.0743. The van der Waals surface area contributed by atoms with Gasteiger partial charge >= 0.3 is 0 Å². The van der Waals surface area contributed by atoms with Gasteiger partial charge in [0.25, 0.3) is 5.91 Å². The number of piperazine rings is 1. The summed E-state index contributed by atoms with van der Waals surface area (Å²) in [6.07, 6.45) is 0. The van der Waals surface area contributed by atoms with Crippen molar-refractivity contribution in [3.63, 3.8) is 0 Å². The van der Waals surface area contributed by atoms with Crippen molar-refractivity contribution < 1.29 is 9.18 Å². The molecule has 1 amide bonds. The minimum Gasteiger partial charge on any atom is -0.345 e. The van der Waals surface area contributed by atoms with Gasteiger partial charge in [-0.1, -0.05) is 29.8 Å². The number of hydrogen-bond acceptors (Lipinski definition) is 2. The van der Waals surface area contributed by atoms with Gasteiger partial charge in [0.2, 0.25) is 0 Å². The van der Waals surface area contributed by atoms with Crippen LogP contribution in [0.4, 0.5) is 10.1 Å². The quantitative estimate of drug-likeness (QED) is 0.786. The summed E-state index contributed by atoms with van der Waals surface area (Å²) >= 11 is 11.5. The molecule has 0 unspecified atom stereocenters. The summed E-state index contributed by atoms with van der Waals surface area (Å²) in [6, 6.07) is 12.0. The number of halogens is 2. The van der Waals surface area contributed by atoms with Crippen LogP contribution in [0, 0.1) is 12.7 Å². The van der Waals surface area contributed by atoms with Crippen molar-refractivity contribution in [1.82, 2.24) is 9.80 Å². The van der Waals surface area contributed by atoms with Crippen LogP contribution in [0.25, 0.3) is 0 Å². The number of aryl methyl sites for hydroxylation is 1. The maximum atomic E-state index is 13.7. The molecule has 0 bridgehead atoms. The molecule has 0 saturated carbocycles. The molecule has 1 N–H and O–H groups in total. The van der Waals surface area contributed by atoms with Gasteiger partial charge in [-0.2, -0.15) is 0 Å². The van der Waals surface area contributed by atoms with E-state index in [2.05, 4.69) is 5.32 Å². The topological polar surface area (TPSA) is 35.6 Å². The third kappa shape index (κ3) is 4.14. The summed E-state index contributed by atoms with van der Waals surface area (Å²) in [4.78, 5) is 16.3. The molecule has 0 atom stereocenters. The number of hydrogen-bond donors (Lipinski definition) is 1. The highest BCUT2D eigenvalue weighted by Gasteiger charge is 2.24. The first-order valence-electron chi connectivity index (χ1n) is 8.31. The fourth-order valence-electron chi connectivity index (χ4n) is 2.79. The van der Waals surface area contributed by atoms with Gasteiger partial charge in [-0.3, -0.25) is 4.79 Å². The Labute approximate surface area is 162 Å². The van der Waals surface area contributed by atoms with E-state index in [1.165, 1.54) is 6.07 Å². The average molecular weight is 392 g/mol. The van der Waals surface area contributed by atoms with E-state index < -0.39 is 0 Å². The number of nitrogens with zero attached hydrogens (tertiary/aromatic N) is 2. The number of carbonyl (C=O) groups is 1. The van der Waals surface area contributed by atoms with Gasteiger partial charge in [0.05, 0.1) is 10.6 Å². The normalized spacial score (nSPS) is 14.3. The Hall–Kier alpha value is -2.18. The van der Waals surface area contributed by atoms with Gasteiger partial charge in [0.15, 0.2) is 5.11 Å². The van der Waals surface area contributed by atoms with E-state index in [-0.39, 0.29) is 11.7 Å². The molecular weight excluding hydrogens is 373 g/mol. The summed E-state index contributed by atoms with van der Waals surface area (Å²) < 4.78 is 13.7. The van der Waals surface area contributed by atoms with Crippen molar-refractivity contribution in [3.8, 4) is 0 Å². The zero-order valence-electron chi connectivity index (χ0n) is 14.3. The Morgan fingerprint density at radius 3 is 2.42 bits per heavy atom. The van der Waals surface area contributed by atoms with Crippen molar-refractivity contribution in [2.24, 2.45) is 0 Å². The molecule has 26 heavy (non-hydrogen) atoms. The predicted octanol–water partition coefficient (Wildman–Crippen LogP) is 3.94. The third-order valence-corrected chi connectivity index (χ3v) is 5.07. The molecule has 1 saturated heterocycles. The molecule has 0 spiro atoms. The van der Waals surface area contributed by atoms with E-state index in [4.69, 9.17) is 23.8 Å². The van der Waals surface area contributed by atoms with Crippen LogP contribution in [0.3, 0.4) is 0 Å². The lowest BCUT2D eigenvalue weighted by Crippen LogP contribution is -2.51. The lowest BCUT2D eigenvalue weighted by atomic mass is 10.2. The fourth-order valence-corrected chi connectivity index (χ4v) is 3.31. The van der Waals surface area contributed by atoms with Crippen molar-refractivity contribution in [2.75, 3.05) is 31.5 Å². The molecule has 136 valence electrons. The fraction of sp³-hybridized carbons (Fsp3) is 0.263. The Morgan fingerprint density at radius 1 is 1.12 bits per heavy atom. The van der Waals surface area contributed by atoms with Crippen LogP contribution < -0.4 is 5.32 Å². The Kier molecular flexibility index (Phi) is 5.74. The summed E-state index contributed by atoms with van der Waals surface area (Å²) in [5.74, 6) is -0.345. The molecule has 1 aliphatic heterocycles. The number of thiocarbonyl (C=S) groups is 1. The van der Waals surface area contributed by atoms with Gasteiger partial charge in [-0.25, -0.2) is 4.39 Å². The number of carbonyl (C=O) groups excluding carboxylic acids is 1. The SMILES string of the molecule is Cc1ccc(NC(=S)N2CCN(C(=O)c3ccccc3Cl)CC2)cc1F. The number of nitrogens with one attached hydrogen (secondary N) is 1. The van der Waals surface area contributed by atoms with Gasteiger partial charge in [-0.15, -0.1) is 0 Å². The Bertz CT molecular complexity index is 837. The number of rotatable bonds is 2. The first kappa shape index (κ1) is 18.6. The second-order valence-electron chi connectivity index (χ2n) is 6.15. The summed E-state index contributed by atoms with van der Waals surface area (Å²) in [7, 11) is 0. The molecule has 1 heterocycles. The van der Waals surface area contributed by atoms with Crippen molar-refractivity contribution >= 4 is 40.5 Å². The number of anilines is 1. The molecule has 0 radical (unpaired) electrons. The van der Waals surface area contributed by atoms with E-state index in [0.29, 0.717) is 53.1 Å². The third-order valence-electron chi connectivity index (χ3n) is 4.38. The van der Waals surface area contributed by atoms with Gasteiger partial charge in [0, 0.05) is 31.9 Å². The average Bonchev–Trinajstić information content (AvgIpc) is 2.65. The molecule has 7 heteroatoms. The highest BCUT2D eigenvalue weighted by atomic mass is 35.5. The minimum atomic E-state index is -0.270. The first-order valence-corrected chi connectivity index (χ1v) is 9.10. The van der Waals surface area contributed by atoms with Crippen LogP contribution in [-0.4, -0.2) is 47.0 Å². The summed E-state index contributed by atoms with van der Waals surface area (Å²) in [5, 5.41) is 4.04. The van der Waals surface area contributed by atoms with Gasteiger partial charge < -0.3 is 15.1 Å². The molecule has 3 rings (SSSR count). The second kappa shape index (κ2) is 8.01. The zero-order chi connectivity index (χ0) is 18.7. The van der Waals surface area contributed by atoms with Gasteiger partial charge in [0.1, 0.15) is 5.82 Å². The first-order chi connectivity index (χ1) is 12.5. The Morgan fingerprint density at radius 2 is 1.77 bits per heavy atom. The van der Waals surface area contributed by atoms with Crippen LogP contribution in [0.15, 0.2) is 42.5 Å². The van der Waals surface area contributed by atoms with E-state index >= 15 is 0 Å². The molecular formula is C19H19ClFN3OS. The molecule has 1 fully saturated rings. The van der Waals surface area contributed by atoms with Crippen molar-refractivity contribution in [2.45, 2.75) is 6.92 Å². The van der Waals surface area contributed by atoms with Crippen LogP contribution in [0.2, 0.25) is 5.02 Å². The molecule has 1 aliphatic rings. The molecule has 2 aromatic rings. The number of amides is 1. The lowest BCUT2D eigenvalue weighted by molar-refractivity contribution is 0.0693. The van der Waals surface area contributed by atoms with E-state index in [1.54, 1.807) is 48.2 Å². The van der Waals surface area contributed by atoms with Crippen LogP contribution >= 0.6 is 23.8 Å². The van der Waals surface area contributed by atoms with Crippen LogP contribution in [0.5, 0.6) is 0 Å². The van der Waals surface area contributed by atoms with Crippen LogP contribution in [-0.2, 0) is 0 Å². The maximum Gasteiger partial charge on any atom is 0.255 e. The lowest BCUT2D eigenvalue weighted by Gasteiger charge is -2.36. The highest BCUT2D eigenvalue weighted by molar-refractivity contribution is 7.80. The second-order valence-corrected chi connectivity index (χ2v) is 6.95. The Balaban J connectivity index is 1.57. The maximum absolute atomic E-state index is 13.7. The van der Waals surface area contributed by atoms with Crippen molar-refractivity contribution in [3.05, 3.63) is 64.4 Å². The standard InChI is InChI=1S/C19H19ClFN3OS/c1-13-6-7-14(12-17(13)21)22-19(26)24-10-8-23(9-11-24)18(25)15-4-2-3-5-16(15)20/h2-7,12H,8-11H2,1H3,(H,22,26). The van der Waals surface area contributed by atoms with Gasteiger partial charge in [-0.05, 0) is 49.0 Å². The van der Waals surface area contributed by atoms with Crippen LogP contribution in [0.1, 0.15) is 15.9 Å². The van der Waals surface area contributed by atoms with Crippen molar-refractivity contribution in [1.29, 1.82) is 0 Å². The summed E-state index contributed by atoms with van der Waals surface area (Å²) in [6.45, 7) is 4.03.